The molecule has 1 aromatic rings. The smallest absolute Gasteiger partial charge is 0.301 e. The number of hydrogen-bond donors (Lipinski definition) is 1. The second-order valence-corrected chi connectivity index (χ2v) is 3.44. The Balaban J connectivity index is 2.06. The zero-order chi connectivity index (χ0) is 10.2. The van der Waals surface area contributed by atoms with Crippen LogP contribution in [-0.4, -0.2) is 10.9 Å². The van der Waals surface area contributed by atoms with Crippen molar-refractivity contribution in [2.24, 2.45) is 5.41 Å². The molecule has 5 nitrogen and oxygen atoms in total. The Kier molecular flexibility index (Phi) is 1.78. The second kappa shape index (κ2) is 2.84. The van der Waals surface area contributed by atoms with E-state index < -0.39 is 5.41 Å². The average Bonchev–Trinajstić information content (AvgIpc) is 2.87. The third kappa shape index (κ3) is 1.35. The summed E-state index contributed by atoms with van der Waals surface area (Å²) in [6, 6.07) is 2.16. The first kappa shape index (κ1) is 8.75. The van der Waals surface area contributed by atoms with Crippen LogP contribution >= 0.6 is 0 Å². The lowest BCUT2D eigenvalue weighted by molar-refractivity contribution is -0.119. The van der Waals surface area contributed by atoms with Gasteiger partial charge < -0.3 is 4.42 Å². The first-order chi connectivity index (χ1) is 6.66. The molecular formula is C9H9N3O2. The molecule has 1 heterocycles. The molecule has 5 heteroatoms. The van der Waals surface area contributed by atoms with E-state index in [0.29, 0.717) is 18.5 Å². The number of carbonyl (C=O) groups is 1. The summed E-state index contributed by atoms with van der Waals surface area (Å²) in [5, 5.41) is 11.2. The van der Waals surface area contributed by atoms with Crippen molar-refractivity contribution in [1.82, 2.24) is 4.98 Å². The highest BCUT2D eigenvalue weighted by molar-refractivity contribution is 5.97. The van der Waals surface area contributed by atoms with E-state index in [-0.39, 0.29) is 11.9 Å². The maximum Gasteiger partial charge on any atom is 0.301 e. The van der Waals surface area contributed by atoms with Crippen molar-refractivity contribution < 1.29 is 9.21 Å². The molecule has 1 N–H and O–H groups in total. The topological polar surface area (TPSA) is 78.9 Å². The van der Waals surface area contributed by atoms with Crippen LogP contribution in [0.3, 0.4) is 0 Å². The summed E-state index contributed by atoms with van der Waals surface area (Å²) in [7, 11) is 0. The van der Waals surface area contributed by atoms with Gasteiger partial charge in [0.1, 0.15) is 11.7 Å². The molecule has 72 valence electrons. The molecular weight excluding hydrogens is 182 g/mol. The van der Waals surface area contributed by atoms with Crippen molar-refractivity contribution in [3.63, 3.8) is 0 Å². The number of amides is 1. The minimum Gasteiger partial charge on any atom is -0.432 e. The van der Waals surface area contributed by atoms with Gasteiger partial charge in [-0.3, -0.25) is 10.1 Å². The van der Waals surface area contributed by atoms with E-state index in [1.807, 2.05) is 6.07 Å². The first-order valence-electron chi connectivity index (χ1n) is 4.31. The van der Waals surface area contributed by atoms with Gasteiger partial charge in [0.05, 0.1) is 11.8 Å². The minimum absolute atomic E-state index is 0.161. The van der Waals surface area contributed by atoms with Crippen LogP contribution in [0.15, 0.2) is 10.7 Å². The Bertz CT molecular complexity index is 412. The van der Waals surface area contributed by atoms with Crippen LogP contribution in [0.2, 0.25) is 0 Å². The standard InChI is InChI=1S/C9H9N3O2/c1-6-4-14-8(11-6)12-7(13)9(5-10)2-3-9/h4H,2-3H2,1H3,(H,11,12,13). The molecule has 1 aliphatic carbocycles. The number of aromatic nitrogens is 1. The van der Waals surface area contributed by atoms with Crippen molar-refractivity contribution >= 4 is 11.9 Å². The first-order valence-corrected chi connectivity index (χ1v) is 4.31. The number of aryl methyl sites for hydroxylation is 1. The highest BCUT2D eigenvalue weighted by Crippen LogP contribution is 2.45. The van der Waals surface area contributed by atoms with Crippen molar-refractivity contribution in [2.45, 2.75) is 19.8 Å². The maximum atomic E-state index is 11.5. The predicted octanol–water partition coefficient (Wildman–Crippen LogP) is 1.23. The van der Waals surface area contributed by atoms with Gasteiger partial charge in [-0.2, -0.15) is 10.2 Å². The molecule has 14 heavy (non-hydrogen) atoms. The van der Waals surface area contributed by atoms with E-state index in [1.54, 1.807) is 6.92 Å². The maximum absolute atomic E-state index is 11.5. The number of carbonyl (C=O) groups excluding carboxylic acids is 1. The lowest BCUT2D eigenvalue weighted by Gasteiger charge is -2.02. The molecule has 1 aromatic heterocycles. The van der Waals surface area contributed by atoms with Crippen molar-refractivity contribution in [1.29, 1.82) is 5.26 Å². The molecule has 1 fully saturated rings. The lowest BCUT2D eigenvalue weighted by atomic mass is 10.1. The van der Waals surface area contributed by atoms with Gasteiger partial charge >= 0.3 is 6.01 Å². The van der Waals surface area contributed by atoms with Crippen LogP contribution in [0.5, 0.6) is 0 Å². The summed E-state index contributed by atoms with van der Waals surface area (Å²) in [5.74, 6) is -0.318. The zero-order valence-corrected chi connectivity index (χ0v) is 7.70. The van der Waals surface area contributed by atoms with Gasteiger partial charge in [0.15, 0.2) is 0 Å². The summed E-state index contributed by atoms with van der Waals surface area (Å²) < 4.78 is 4.95. The van der Waals surface area contributed by atoms with Gasteiger partial charge in [0.25, 0.3) is 0 Å². The van der Waals surface area contributed by atoms with Gasteiger partial charge in [0, 0.05) is 0 Å². The summed E-state index contributed by atoms with van der Waals surface area (Å²) in [5.41, 5.74) is -0.135. The molecule has 0 saturated heterocycles. The van der Waals surface area contributed by atoms with E-state index in [0.717, 1.165) is 0 Å². The van der Waals surface area contributed by atoms with Gasteiger partial charge in [-0.1, -0.05) is 0 Å². The number of nitriles is 1. The molecule has 0 aliphatic heterocycles. The fourth-order valence-corrected chi connectivity index (χ4v) is 1.14. The fourth-order valence-electron chi connectivity index (χ4n) is 1.14. The van der Waals surface area contributed by atoms with Crippen LogP contribution in [0, 0.1) is 23.7 Å². The molecule has 0 atom stereocenters. The molecule has 0 bridgehead atoms. The Hall–Kier alpha value is -1.83. The van der Waals surface area contributed by atoms with Gasteiger partial charge in [-0.05, 0) is 19.8 Å². The SMILES string of the molecule is Cc1coc(NC(=O)C2(C#N)CC2)n1. The Morgan fingerprint density at radius 2 is 2.50 bits per heavy atom. The number of rotatable bonds is 2. The molecule has 1 saturated carbocycles. The van der Waals surface area contributed by atoms with E-state index in [9.17, 15) is 4.79 Å². The minimum atomic E-state index is -0.831. The van der Waals surface area contributed by atoms with E-state index in [2.05, 4.69) is 10.3 Å². The van der Waals surface area contributed by atoms with Crippen LogP contribution in [0.25, 0.3) is 0 Å². The third-order valence-electron chi connectivity index (χ3n) is 2.24. The summed E-state index contributed by atoms with van der Waals surface area (Å²) in [6.45, 7) is 1.76. The van der Waals surface area contributed by atoms with Crippen molar-refractivity contribution in [3.8, 4) is 6.07 Å². The normalized spacial score (nSPS) is 17.1. The van der Waals surface area contributed by atoms with Crippen molar-refractivity contribution in [2.75, 3.05) is 5.32 Å². The highest BCUT2D eigenvalue weighted by Gasteiger charge is 2.51. The molecule has 0 radical (unpaired) electrons. The molecule has 2 rings (SSSR count). The largest absolute Gasteiger partial charge is 0.432 e. The Morgan fingerprint density at radius 1 is 1.79 bits per heavy atom. The number of oxazole rings is 1. The molecule has 1 amide bonds. The van der Waals surface area contributed by atoms with Gasteiger partial charge in [0.2, 0.25) is 5.91 Å². The summed E-state index contributed by atoms with van der Waals surface area (Å²) in [4.78, 5) is 15.4. The van der Waals surface area contributed by atoms with E-state index in [1.165, 1.54) is 6.26 Å². The Morgan fingerprint density at radius 3 is 2.93 bits per heavy atom. The zero-order valence-electron chi connectivity index (χ0n) is 7.70. The van der Waals surface area contributed by atoms with Crippen LogP contribution in [0.4, 0.5) is 6.01 Å². The quantitative estimate of drug-likeness (QED) is 0.762. The average molecular weight is 191 g/mol. The lowest BCUT2D eigenvalue weighted by Crippen LogP contribution is -2.22. The van der Waals surface area contributed by atoms with Crippen LogP contribution in [0.1, 0.15) is 18.5 Å². The van der Waals surface area contributed by atoms with E-state index in [4.69, 9.17) is 9.68 Å². The predicted molar refractivity (Wildman–Crippen MR) is 47.1 cm³/mol. The molecule has 0 spiro atoms. The van der Waals surface area contributed by atoms with Gasteiger partial charge in [-0.15, -0.1) is 0 Å². The summed E-state index contributed by atoms with van der Waals surface area (Å²) >= 11 is 0. The Labute approximate surface area is 80.7 Å². The number of anilines is 1. The molecule has 1 aliphatic rings. The van der Waals surface area contributed by atoms with Crippen molar-refractivity contribution in [3.05, 3.63) is 12.0 Å². The molecule has 0 unspecified atom stereocenters. The van der Waals surface area contributed by atoms with Gasteiger partial charge in [-0.25, -0.2) is 0 Å². The fraction of sp³-hybridized carbons (Fsp3) is 0.444. The number of nitrogens with zero attached hydrogens (tertiary/aromatic N) is 2. The van der Waals surface area contributed by atoms with Crippen LogP contribution in [-0.2, 0) is 4.79 Å². The second-order valence-electron chi connectivity index (χ2n) is 3.44. The van der Waals surface area contributed by atoms with Crippen LogP contribution < -0.4 is 5.32 Å². The van der Waals surface area contributed by atoms with E-state index >= 15 is 0 Å². The monoisotopic (exact) mass is 191 g/mol. The summed E-state index contributed by atoms with van der Waals surface area (Å²) in [6.07, 6.45) is 2.69. The number of nitrogens with one attached hydrogen (secondary N) is 1. The number of hydrogen-bond acceptors (Lipinski definition) is 4. The third-order valence-corrected chi connectivity index (χ3v) is 2.24. The highest BCUT2D eigenvalue weighted by atomic mass is 16.4. The molecule has 0 aromatic carbocycles.